The van der Waals surface area contributed by atoms with Gasteiger partial charge in [0.05, 0.1) is 19.9 Å². The number of nitrogens with zero attached hydrogens (tertiary/aromatic N) is 2. The van der Waals surface area contributed by atoms with Crippen LogP contribution in [-0.2, 0) is 13.1 Å². The Morgan fingerprint density at radius 3 is 2.81 bits per heavy atom. The molecule has 1 N–H and O–H groups in total. The maximum Gasteiger partial charge on any atom is 0.162 e. The van der Waals surface area contributed by atoms with E-state index in [2.05, 4.69) is 23.5 Å². The van der Waals surface area contributed by atoms with E-state index in [1.165, 1.54) is 0 Å². The van der Waals surface area contributed by atoms with Crippen LogP contribution >= 0.6 is 0 Å². The molecule has 0 unspecified atom stereocenters. The van der Waals surface area contributed by atoms with Crippen molar-refractivity contribution in [3.63, 3.8) is 0 Å². The van der Waals surface area contributed by atoms with Gasteiger partial charge in [0.15, 0.2) is 11.5 Å². The molecular formula is C16H23N3O2. The Hall–Kier alpha value is -2.17. The van der Waals surface area contributed by atoms with Crippen LogP contribution < -0.4 is 14.8 Å². The van der Waals surface area contributed by atoms with E-state index in [4.69, 9.17) is 9.47 Å². The number of aromatic nitrogens is 2. The Bertz CT molecular complexity index is 566. The van der Waals surface area contributed by atoms with Crippen LogP contribution in [0.5, 0.6) is 11.5 Å². The molecule has 0 saturated heterocycles. The van der Waals surface area contributed by atoms with E-state index in [9.17, 15) is 0 Å². The molecule has 0 amide bonds. The van der Waals surface area contributed by atoms with Gasteiger partial charge in [-0.1, -0.05) is 6.92 Å². The zero-order valence-corrected chi connectivity index (χ0v) is 12.9. The molecule has 0 aliphatic heterocycles. The summed E-state index contributed by atoms with van der Waals surface area (Å²) in [7, 11) is 1.65. The highest BCUT2D eigenvalue weighted by atomic mass is 16.5. The van der Waals surface area contributed by atoms with Gasteiger partial charge in [-0.15, -0.1) is 0 Å². The first kappa shape index (κ1) is 15.2. The average Bonchev–Trinajstić information content (AvgIpc) is 2.94. The molecule has 2 aromatic rings. The van der Waals surface area contributed by atoms with E-state index in [1.807, 2.05) is 36.0 Å². The van der Waals surface area contributed by atoms with Crippen LogP contribution in [0.15, 0.2) is 30.6 Å². The Morgan fingerprint density at radius 1 is 1.24 bits per heavy atom. The highest BCUT2D eigenvalue weighted by Crippen LogP contribution is 2.30. The predicted molar refractivity (Wildman–Crippen MR) is 84.0 cm³/mol. The first-order valence-electron chi connectivity index (χ1n) is 7.32. The van der Waals surface area contributed by atoms with Crippen molar-refractivity contribution in [1.82, 2.24) is 9.78 Å². The van der Waals surface area contributed by atoms with Gasteiger partial charge in [0.2, 0.25) is 0 Å². The van der Waals surface area contributed by atoms with Crippen LogP contribution in [0.1, 0.15) is 25.8 Å². The van der Waals surface area contributed by atoms with Crippen molar-refractivity contribution in [2.24, 2.45) is 0 Å². The second-order valence-electron chi connectivity index (χ2n) is 4.76. The number of ether oxygens (including phenoxy) is 2. The third kappa shape index (κ3) is 4.15. The molecule has 1 aromatic heterocycles. The maximum atomic E-state index is 5.51. The van der Waals surface area contributed by atoms with Crippen molar-refractivity contribution in [3.8, 4) is 11.5 Å². The number of hydrogen-bond donors (Lipinski definition) is 1. The SMILES string of the molecule is CCCn1cc(CNc2ccc(OCC)c(OC)c2)cn1. The molecule has 0 bridgehead atoms. The first-order valence-corrected chi connectivity index (χ1v) is 7.32. The lowest BCUT2D eigenvalue weighted by Crippen LogP contribution is -2.01. The van der Waals surface area contributed by atoms with Crippen LogP contribution in [0.25, 0.3) is 0 Å². The van der Waals surface area contributed by atoms with Crippen molar-refractivity contribution in [3.05, 3.63) is 36.2 Å². The van der Waals surface area contributed by atoms with Crippen LogP contribution in [0.3, 0.4) is 0 Å². The molecular weight excluding hydrogens is 266 g/mol. The van der Waals surface area contributed by atoms with Crippen molar-refractivity contribution in [2.45, 2.75) is 33.4 Å². The second-order valence-corrected chi connectivity index (χ2v) is 4.76. The minimum Gasteiger partial charge on any atom is -0.493 e. The smallest absolute Gasteiger partial charge is 0.162 e. The number of methoxy groups -OCH3 is 1. The third-order valence-electron chi connectivity index (χ3n) is 3.10. The summed E-state index contributed by atoms with van der Waals surface area (Å²) in [6.07, 6.45) is 5.06. The van der Waals surface area contributed by atoms with Crippen molar-refractivity contribution in [2.75, 3.05) is 19.0 Å². The molecule has 1 aromatic carbocycles. The predicted octanol–water partition coefficient (Wildman–Crippen LogP) is 3.31. The zero-order valence-electron chi connectivity index (χ0n) is 12.9. The van der Waals surface area contributed by atoms with Crippen molar-refractivity contribution in [1.29, 1.82) is 0 Å². The Kier molecular flexibility index (Phi) is 5.49. The summed E-state index contributed by atoms with van der Waals surface area (Å²) in [5.74, 6) is 1.50. The molecule has 0 radical (unpaired) electrons. The fourth-order valence-corrected chi connectivity index (χ4v) is 2.11. The van der Waals surface area contributed by atoms with Crippen LogP contribution in [0, 0.1) is 0 Å². The number of hydrogen-bond acceptors (Lipinski definition) is 4. The Balaban J connectivity index is 1.98. The standard InChI is InChI=1S/C16H23N3O2/c1-4-8-19-12-13(11-18-19)10-17-14-6-7-15(21-5-2)16(9-14)20-3/h6-7,9,11-12,17H,4-5,8,10H2,1-3H3. The Morgan fingerprint density at radius 2 is 2.10 bits per heavy atom. The van der Waals surface area contributed by atoms with Gasteiger partial charge in [0, 0.05) is 36.6 Å². The minimum absolute atomic E-state index is 0.625. The molecule has 0 fully saturated rings. The zero-order chi connectivity index (χ0) is 15.1. The number of anilines is 1. The normalized spacial score (nSPS) is 10.4. The molecule has 0 aliphatic rings. The topological polar surface area (TPSA) is 48.3 Å². The lowest BCUT2D eigenvalue weighted by molar-refractivity contribution is 0.311. The van der Waals surface area contributed by atoms with E-state index < -0.39 is 0 Å². The lowest BCUT2D eigenvalue weighted by atomic mass is 10.2. The van der Waals surface area contributed by atoms with Gasteiger partial charge in [0.25, 0.3) is 0 Å². The summed E-state index contributed by atoms with van der Waals surface area (Å²) < 4.78 is 12.8. The largest absolute Gasteiger partial charge is 0.493 e. The van der Waals surface area contributed by atoms with Gasteiger partial charge in [-0.3, -0.25) is 4.68 Å². The summed E-state index contributed by atoms with van der Waals surface area (Å²) in [5.41, 5.74) is 2.16. The van der Waals surface area contributed by atoms with Gasteiger partial charge < -0.3 is 14.8 Å². The summed E-state index contributed by atoms with van der Waals surface area (Å²) >= 11 is 0. The molecule has 0 saturated carbocycles. The lowest BCUT2D eigenvalue weighted by Gasteiger charge is -2.11. The monoisotopic (exact) mass is 289 g/mol. The quantitative estimate of drug-likeness (QED) is 0.810. The van der Waals surface area contributed by atoms with E-state index in [-0.39, 0.29) is 0 Å². The van der Waals surface area contributed by atoms with Gasteiger partial charge in [-0.05, 0) is 25.5 Å². The minimum atomic E-state index is 0.625. The number of aryl methyl sites for hydroxylation is 1. The molecule has 2 rings (SSSR count). The fourth-order valence-electron chi connectivity index (χ4n) is 2.11. The highest BCUT2D eigenvalue weighted by molar-refractivity contribution is 5.54. The molecule has 114 valence electrons. The summed E-state index contributed by atoms with van der Waals surface area (Å²) in [6, 6.07) is 5.86. The Labute approximate surface area is 125 Å². The maximum absolute atomic E-state index is 5.51. The number of benzene rings is 1. The van der Waals surface area contributed by atoms with E-state index in [1.54, 1.807) is 7.11 Å². The number of rotatable bonds is 8. The number of nitrogens with one attached hydrogen (secondary N) is 1. The van der Waals surface area contributed by atoms with Crippen LogP contribution in [-0.4, -0.2) is 23.5 Å². The highest BCUT2D eigenvalue weighted by Gasteiger charge is 2.05. The molecule has 21 heavy (non-hydrogen) atoms. The van der Waals surface area contributed by atoms with E-state index in [0.717, 1.165) is 42.3 Å². The molecule has 1 heterocycles. The fraction of sp³-hybridized carbons (Fsp3) is 0.438. The van der Waals surface area contributed by atoms with Crippen LogP contribution in [0.4, 0.5) is 5.69 Å². The molecule has 0 aliphatic carbocycles. The van der Waals surface area contributed by atoms with Crippen LogP contribution in [0.2, 0.25) is 0 Å². The average molecular weight is 289 g/mol. The van der Waals surface area contributed by atoms with E-state index >= 15 is 0 Å². The summed E-state index contributed by atoms with van der Waals surface area (Å²) in [4.78, 5) is 0. The second kappa shape index (κ2) is 7.57. The van der Waals surface area contributed by atoms with E-state index in [0.29, 0.717) is 6.61 Å². The van der Waals surface area contributed by atoms with Gasteiger partial charge in [0.1, 0.15) is 0 Å². The molecule has 5 nitrogen and oxygen atoms in total. The first-order chi connectivity index (χ1) is 10.3. The molecule has 0 atom stereocenters. The van der Waals surface area contributed by atoms with Crippen molar-refractivity contribution < 1.29 is 9.47 Å². The van der Waals surface area contributed by atoms with Gasteiger partial charge in [-0.2, -0.15) is 5.10 Å². The van der Waals surface area contributed by atoms with Gasteiger partial charge in [-0.25, -0.2) is 0 Å². The molecule has 5 heteroatoms. The molecule has 0 spiro atoms. The third-order valence-corrected chi connectivity index (χ3v) is 3.10. The summed E-state index contributed by atoms with van der Waals surface area (Å²) in [6.45, 7) is 6.42. The van der Waals surface area contributed by atoms with Crippen molar-refractivity contribution >= 4 is 5.69 Å². The summed E-state index contributed by atoms with van der Waals surface area (Å²) in [5, 5.41) is 7.69. The van der Waals surface area contributed by atoms with Gasteiger partial charge >= 0.3 is 0 Å².